The van der Waals surface area contributed by atoms with Gasteiger partial charge >= 0.3 is 61.5 Å². The number of ether oxygens (including phenoxy) is 8. The van der Waals surface area contributed by atoms with Gasteiger partial charge < -0.3 is 57.9 Å². The minimum atomic E-state index is -0.590. The molecule has 19 rings (SSSR count). The minimum absolute atomic E-state index is 0.0437. The Balaban J connectivity index is 0.000000145. The van der Waals surface area contributed by atoms with Gasteiger partial charge in [0.05, 0.1) is 68.9 Å². The van der Waals surface area contributed by atoms with Crippen molar-refractivity contribution in [1.82, 2.24) is 14.7 Å². The topological polar surface area (TPSA) is 192 Å². The molecule has 17 nitrogen and oxygen atoms in total. The van der Waals surface area contributed by atoms with Gasteiger partial charge in [-0.25, -0.2) is 4.79 Å². The van der Waals surface area contributed by atoms with E-state index in [1.807, 2.05) is 134 Å². The number of aliphatic hydroxyl groups excluding tert-OH is 2. The number of methoxy groups -OCH3 is 7. The van der Waals surface area contributed by atoms with Crippen molar-refractivity contribution < 1.29 is 76.8 Å². The molecule has 0 radical (unpaired) electrons. The molecular weight excluding hydrogens is 2060 g/mol. The zero-order valence-electron chi connectivity index (χ0n) is 87.5. The normalized spacial score (nSPS) is 19.5. The third-order valence-corrected chi connectivity index (χ3v) is 30.6. The number of hydrogen-bond acceptors (Lipinski definition) is 15. The molecule has 11 aromatic rings. The van der Waals surface area contributed by atoms with Gasteiger partial charge in [-0.3, -0.25) is 19.3 Å². The molecule has 144 heavy (non-hydrogen) atoms. The van der Waals surface area contributed by atoms with Gasteiger partial charge in [0.25, 0.3) is 0 Å². The molecule has 11 aromatic carbocycles. The third kappa shape index (κ3) is 27.0. The molecule has 0 saturated carbocycles. The number of ketones is 1. The molecule has 2 aliphatic heterocycles. The standard InChI is InChI=1S/C25H33NO4.C22H26O3.C21H23NO2.C21H25NO.C21H26O2.C14H16O2.2HI.V/c1-17-11-12-19-20(23(17)29-5)13-14-22(21(19)16-27)26(24(28)30-25(2,3)4)15-18-9-7-6-8-10-18;1-15-9-13-18-19(21(15)24-2)14-12-17(20(18)22(23)25-3)11-10-16-7-5-4-6-8-16;1-14-8-9-16-17(21(14)24-2)10-11-19-18(16)12-20(23)22(19)13-15-6-4-3-5-7-15;1-15-8-9-17-18-12-13-22(14-16-6-4-3-5-7-16)20(18)11-10-19(17)21(15)23-2;1-15-8-12-18-19(21(15)23-2)13-11-17(20(18)14-22)10-9-16-6-4-3-5-7-16;1-9-7-8-12-11(10(2)15)5-4-6-13(12)14(9)16-3;;;/h6-12,21-22,27H,13-16H2,1-5H3;4-9,13,17,20H,10-12,14H2,1-3H3;3-9,18-19H,10-13H2,1-2H3;3-9,18,20H,10-14H2,1-2H3;3-8,12,17,20,22H,9-11,13-14H2,1-2H3;5,7-8H,4,6H2,1-3H3;2*1H;/q;;;;;;;;+2/p-2/t21-,22-;17-,20+;18?,19-;18?,20-;17-,20+;;;;/m00000..../s1. The van der Waals surface area contributed by atoms with E-state index >= 15 is 0 Å². The third-order valence-electron chi connectivity index (χ3n) is 30.6. The molecule has 0 spiro atoms. The Labute approximate surface area is 885 Å². The van der Waals surface area contributed by atoms with E-state index in [1.54, 1.807) is 52.9 Å². The van der Waals surface area contributed by atoms with Gasteiger partial charge in [-0.2, -0.15) is 0 Å². The van der Waals surface area contributed by atoms with Gasteiger partial charge in [-0.15, -0.1) is 0 Å². The number of carbonyl (C=O) groups excluding carboxylic acids is 4. The molecule has 2 saturated heterocycles. The summed E-state index contributed by atoms with van der Waals surface area (Å²) in [6.45, 7) is 23.3. The number of halogens is 2. The van der Waals surface area contributed by atoms with Crippen LogP contribution in [0.25, 0.3) is 5.57 Å². The van der Waals surface area contributed by atoms with Crippen LogP contribution in [0.1, 0.15) is 249 Å². The zero-order chi connectivity index (χ0) is 103. The van der Waals surface area contributed by atoms with Crippen LogP contribution < -0.4 is 28.4 Å². The van der Waals surface area contributed by atoms with Gasteiger partial charge in [-0.05, 0) is 319 Å². The fraction of sp³-hybridized carbons (Fsp3) is 0.419. The number of aryl methyl sites for hydroxylation is 8. The summed E-state index contributed by atoms with van der Waals surface area (Å²) in [4.78, 5) is 56.6. The molecule has 10 atom stereocenters. The molecule has 6 aliphatic carbocycles. The van der Waals surface area contributed by atoms with Crippen molar-refractivity contribution >= 4 is 69.3 Å². The molecule has 20 heteroatoms. The second-order valence-corrected chi connectivity index (χ2v) is 52.2. The number of carbonyl (C=O) groups is 4. The maximum absolute atomic E-state index is 13.2. The molecule has 2 fully saturated rings. The number of amides is 2. The first-order valence-corrected chi connectivity index (χ1v) is 60.3. The summed E-state index contributed by atoms with van der Waals surface area (Å²) in [6.07, 6.45) is 19.7. The van der Waals surface area contributed by atoms with E-state index < -0.39 is 5.60 Å². The predicted molar refractivity (Wildman–Crippen MR) is 592 cm³/mol. The van der Waals surface area contributed by atoms with Gasteiger partial charge in [0.1, 0.15) is 40.1 Å². The Hall–Kier alpha value is -10.2. The summed E-state index contributed by atoms with van der Waals surface area (Å²) >= 11 is 4.74. The first kappa shape index (κ1) is 111. The maximum atomic E-state index is 13.2. The van der Waals surface area contributed by atoms with Crippen molar-refractivity contribution in [1.29, 1.82) is 0 Å². The van der Waals surface area contributed by atoms with E-state index in [4.69, 9.17) is 37.9 Å². The van der Waals surface area contributed by atoms with Crippen LogP contribution in [-0.4, -0.2) is 142 Å². The van der Waals surface area contributed by atoms with Crippen molar-refractivity contribution in [2.24, 2.45) is 11.8 Å². The summed E-state index contributed by atoms with van der Waals surface area (Å²) < 4.78 is 44.6. The summed E-state index contributed by atoms with van der Waals surface area (Å²) in [6, 6.07) is 78.6. The van der Waals surface area contributed by atoms with E-state index in [0.29, 0.717) is 58.2 Å². The van der Waals surface area contributed by atoms with Gasteiger partial charge in [0, 0.05) is 79.0 Å². The first-order chi connectivity index (χ1) is 69.7. The van der Waals surface area contributed by atoms with Crippen LogP contribution in [0.4, 0.5) is 4.79 Å². The fourth-order valence-corrected chi connectivity index (χ4v) is 23.9. The quantitative estimate of drug-likeness (QED) is 0.0454. The Bertz CT molecular complexity index is 6080. The van der Waals surface area contributed by atoms with Crippen LogP contribution >= 0.6 is 40.0 Å². The van der Waals surface area contributed by atoms with Crippen LogP contribution in [-0.2, 0) is 104 Å². The molecule has 2 heterocycles. The average molecular weight is 2210 g/mol. The van der Waals surface area contributed by atoms with Crippen molar-refractivity contribution in [2.45, 2.75) is 258 Å². The van der Waals surface area contributed by atoms with Crippen LogP contribution in [0.5, 0.6) is 34.5 Å². The zero-order valence-corrected chi connectivity index (χ0v) is 93.2. The van der Waals surface area contributed by atoms with Crippen LogP contribution in [0.3, 0.4) is 0 Å². The number of Topliss-reactive ketones (excluding diaryl/α,β-unsaturated/α-hetero) is 1. The van der Waals surface area contributed by atoms with Crippen molar-refractivity contribution in [3.63, 3.8) is 0 Å². The van der Waals surface area contributed by atoms with E-state index in [-0.39, 0.29) is 60.8 Å². The predicted octanol–water partition coefficient (Wildman–Crippen LogP) is 26.4. The van der Waals surface area contributed by atoms with Gasteiger partial charge in [0.2, 0.25) is 5.91 Å². The number of aliphatic hydroxyl groups is 2. The molecular formula is C124H149I2N3O14V. The molecule has 2 amide bonds. The molecule has 0 aromatic heterocycles. The number of nitrogens with zero attached hydrogens (tertiary/aromatic N) is 3. The SMILES string of the molecule is COC(=O)[C@H]1c2ccc(C)c(OC)c2CC[C@@H]1CCc1ccccc1.COc1c(C)ccc2c1CCC=C2C(C)=O.COc1c(C)ccc2c1CC[C@H](CCc1ccccc1)[C@H]2CO.COc1c(C)ccc2c1CC[C@H](N(Cc1ccccc1)C(=O)OC(C)(C)C)[C@H]2CO.COc1c(C)ccc2c1CC[C@H]1C2CC(=O)N1Cc1ccccc1.COc1c(C)ccc2c1CC[C@H]1C2CCN1Cc1ccccc1.[I][V][I]. The Morgan fingerprint density at radius 3 is 1.26 bits per heavy atom. The van der Waals surface area contributed by atoms with Crippen LogP contribution in [0.2, 0.25) is 0 Å². The number of hydrogen-bond donors (Lipinski definition) is 2. The Kier molecular flexibility index (Phi) is 41.2. The van der Waals surface area contributed by atoms with Crippen molar-refractivity contribution in [3.05, 3.63) is 358 Å². The second kappa shape index (κ2) is 53.4. The number of likely N-dealkylation sites (tertiary alicyclic amines) is 2. The van der Waals surface area contributed by atoms with E-state index in [2.05, 4.69) is 216 Å². The summed E-state index contributed by atoms with van der Waals surface area (Å²) in [7, 11) is 12.5. The van der Waals surface area contributed by atoms with E-state index in [0.717, 1.165) is 194 Å². The fourth-order valence-electron chi connectivity index (χ4n) is 23.9. The van der Waals surface area contributed by atoms with E-state index in [1.165, 1.54) is 104 Å². The molecule has 763 valence electrons. The number of fused-ring (bicyclic) bond motifs is 10. The molecule has 2 N–H and O–H groups in total. The molecule has 0 bridgehead atoms. The number of allylic oxidation sites excluding steroid dienone is 2. The monoisotopic (exact) mass is 2210 g/mol. The summed E-state index contributed by atoms with van der Waals surface area (Å²) in [5.74, 6) is 7.84. The number of rotatable bonds is 23. The first-order valence-electron chi connectivity index (χ1n) is 51.3. The van der Waals surface area contributed by atoms with Crippen LogP contribution in [0.15, 0.2) is 231 Å². The van der Waals surface area contributed by atoms with Crippen molar-refractivity contribution in [3.8, 4) is 34.5 Å². The van der Waals surface area contributed by atoms with Gasteiger partial charge in [0.15, 0.2) is 5.78 Å². The summed E-state index contributed by atoms with van der Waals surface area (Å²) in [5.41, 5.74) is 28.5. The van der Waals surface area contributed by atoms with Gasteiger partial charge in [-0.1, -0.05) is 231 Å². The van der Waals surface area contributed by atoms with Crippen LogP contribution in [0, 0.1) is 53.4 Å². The Morgan fingerprint density at radius 1 is 0.424 bits per heavy atom. The molecule has 8 aliphatic rings. The second-order valence-electron chi connectivity index (χ2n) is 40.4. The van der Waals surface area contributed by atoms with E-state index in [9.17, 15) is 29.4 Å². The Morgan fingerprint density at radius 2 is 0.806 bits per heavy atom. The molecule has 2 unspecified atom stereocenters. The average Bonchev–Trinajstić information content (AvgIpc) is 1.49. The number of benzene rings is 11. The number of esters is 1. The van der Waals surface area contributed by atoms with Crippen molar-refractivity contribution in [2.75, 3.05) is 69.5 Å². The summed E-state index contributed by atoms with van der Waals surface area (Å²) in [5, 5.41) is 20.3.